The second-order valence-corrected chi connectivity index (χ2v) is 4.63. The van der Waals surface area contributed by atoms with Gasteiger partial charge in [0.15, 0.2) is 0 Å². The zero-order chi connectivity index (χ0) is 11.8. The van der Waals surface area contributed by atoms with E-state index in [2.05, 4.69) is 13.8 Å². The Bertz CT molecular complexity index is 182. The van der Waals surface area contributed by atoms with E-state index in [1.165, 1.54) is 19.3 Å². The van der Waals surface area contributed by atoms with Crippen LogP contribution in [-0.2, 0) is 4.79 Å². The number of aliphatic carboxylic acids is 1. The fourth-order valence-corrected chi connectivity index (χ4v) is 1.71. The molecule has 3 heteroatoms. The molecular formula is C12H25NO2. The van der Waals surface area contributed by atoms with Gasteiger partial charge < -0.3 is 10.8 Å². The third-order valence-electron chi connectivity index (χ3n) is 3.01. The lowest BCUT2D eigenvalue weighted by Gasteiger charge is -2.20. The predicted molar refractivity (Wildman–Crippen MR) is 62.7 cm³/mol. The number of carbonyl (C=O) groups is 1. The number of hydrogen-bond acceptors (Lipinski definition) is 2. The van der Waals surface area contributed by atoms with E-state index in [0.29, 0.717) is 5.92 Å². The van der Waals surface area contributed by atoms with Crippen molar-refractivity contribution in [3.8, 4) is 0 Å². The van der Waals surface area contributed by atoms with Crippen molar-refractivity contribution >= 4 is 5.97 Å². The number of hydrogen-bond donors (Lipinski definition) is 2. The first-order valence-electron chi connectivity index (χ1n) is 5.97. The molecule has 3 nitrogen and oxygen atoms in total. The zero-order valence-electron chi connectivity index (χ0n) is 10.2. The molecule has 0 aromatic heterocycles. The molecule has 0 saturated carbocycles. The van der Waals surface area contributed by atoms with Gasteiger partial charge in [0.1, 0.15) is 0 Å². The summed E-state index contributed by atoms with van der Waals surface area (Å²) >= 11 is 0. The van der Waals surface area contributed by atoms with Crippen LogP contribution in [0, 0.1) is 11.8 Å². The second kappa shape index (κ2) is 7.69. The van der Waals surface area contributed by atoms with Crippen LogP contribution in [0.2, 0.25) is 0 Å². The molecule has 0 aliphatic heterocycles. The van der Waals surface area contributed by atoms with Gasteiger partial charge in [-0.25, -0.2) is 0 Å². The first-order chi connectivity index (χ1) is 6.99. The first kappa shape index (κ1) is 14.4. The Balaban J connectivity index is 3.75. The molecule has 0 fully saturated rings. The highest BCUT2D eigenvalue weighted by Gasteiger charge is 2.21. The average Bonchev–Trinajstić information content (AvgIpc) is 2.16. The Morgan fingerprint density at radius 1 is 1.33 bits per heavy atom. The summed E-state index contributed by atoms with van der Waals surface area (Å²) < 4.78 is 0. The number of carboxylic acid groups (broad SMARTS) is 1. The van der Waals surface area contributed by atoms with Crippen LogP contribution in [0.4, 0.5) is 0 Å². The average molecular weight is 215 g/mol. The summed E-state index contributed by atoms with van der Waals surface area (Å²) in [5.41, 5.74) is 5.84. The van der Waals surface area contributed by atoms with E-state index in [1.807, 2.05) is 0 Å². The smallest absolute Gasteiger partial charge is 0.307 e. The largest absolute Gasteiger partial charge is 0.481 e. The molecule has 3 unspecified atom stereocenters. The van der Waals surface area contributed by atoms with Crippen molar-refractivity contribution in [3.63, 3.8) is 0 Å². The minimum absolute atomic E-state index is 0.209. The highest BCUT2D eigenvalue weighted by atomic mass is 16.4. The van der Waals surface area contributed by atoms with Crippen LogP contribution in [0.15, 0.2) is 0 Å². The lowest BCUT2D eigenvalue weighted by atomic mass is 9.90. The molecule has 0 radical (unpaired) electrons. The molecule has 3 atom stereocenters. The van der Waals surface area contributed by atoms with Gasteiger partial charge in [0.05, 0.1) is 5.92 Å². The Kier molecular flexibility index (Phi) is 7.39. The maximum absolute atomic E-state index is 10.7. The van der Waals surface area contributed by atoms with Crippen molar-refractivity contribution in [1.29, 1.82) is 0 Å². The van der Waals surface area contributed by atoms with Crippen LogP contribution in [0.5, 0.6) is 0 Å². The van der Waals surface area contributed by atoms with Gasteiger partial charge in [-0.3, -0.25) is 4.79 Å². The van der Waals surface area contributed by atoms with Crippen molar-refractivity contribution in [3.05, 3.63) is 0 Å². The quantitative estimate of drug-likeness (QED) is 0.612. The molecule has 0 rings (SSSR count). The third-order valence-corrected chi connectivity index (χ3v) is 3.01. The summed E-state index contributed by atoms with van der Waals surface area (Å²) in [6, 6.07) is -0.209. The molecule has 3 N–H and O–H groups in total. The summed E-state index contributed by atoms with van der Waals surface area (Å²) in [5, 5.41) is 8.80. The van der Waals surface area contributed by atoms with Crippen LogP contribution < -0.4 is 5.73 Å². The van der Waals surface area contributed by atoms with E-state index < -0.39 is 11.9 Å². The summed E-state index contributed by atoms with van der Waals surface area (Å²) in [7, 11) is 0. The Labute approximate surface area is 93.0 Å². The highest BCUT2D eigenvalue weighted by Crippen LogP contribution is 2.17. The lowest BCUT2D eigenvalue weighted by molar-refractivity contribution is -0.141. The minimum Gasteiger partial charge on any atom is -0.481 e. The monoisotopic (exact) mass is 215 g/mol. The van der Waals surface area contributed by atoms with Crippen LogP contribution >= 0.6 is 0 Å². The number of unbranched alkanes of at least 4 members (excludes halogenated alkanes) is 2. The standard InChI is InChI=1S/C12H25NO2/c1-4-5-6-7-9(2)8-11(13)10(3)12(14)15/h9-11H,4-8,13H2,1-3H3,(H,14,15). The highest BCUT2D eigenvalue weighted by molar-refractivity contribution is 5.70. The molecule has 0 heterocycles. The number of nitrogens with two attached hydrogens (primary N) is 1. The fourth-order valence-electron chi connectivity index (χ4n) is 1.71. The van der Waals surface area contributed by atoms with Gasteiger partial charge in [-0.1, -0.05) is 46.5 Å². The van der Waals surface area contributed by atoms with Gasteiger partial charge in [-0.2, -0.15) is 0 Å². The third kappa shape index (κ3) is 6.50. The molecule has 0 aliphatic rings. The molecule has 0 bridgehead atoms. The van der Waals surface area contributed by atoms with Gasteiger partial charge in [0.2, 0.25) is 0 Å². The second-order valence-electron chi connectivity index (χ2n) is 4.63. The molecule has 0 aromatic carbocycles. The molecule has 90 valence electrons. The molecule has 0 aromatic rings. The summed E-state index contributed by atoms with van der Waals surface area (Å²) in [6.07, 6.45) is 5.69. The topological polar surface area (TPSA) is 63.3 Å². The predicted octanol–water partition coefficient (Wildman–Crippen LogP) is 2.64. The minimum atomic E-state index is -0.789. The number of rotatable bonds is 8. The molecular weight excluding hydrogens is 190 g/mol. The van der Waals surface area contributed by atoms with E-state index in [9.17, 15) is 4.79 Å². The fraction of sp³-hybridized carbons (Fsp3) is 0.917. The maximum Gasteiger partial charge on any atom is 0.307 e. The van der Waals surface area contributed by atoms with E-state index in [1.54, 1.807) is 6.92 Å². The van der Waals surface area contributed by atoms with Crippen molar-refractivity contribution in [1.82, 2.24) is 0 Å². The zero-order valence-corrected chi connectivity index (χ0v) is 10.2. The Hall–Kier alpha value is -0.570. The lowest BCUT2D eigenvalue weighted by Crippen LogP contribution is -2.34. The van der Waals surface area contributed by atoms with Gasteiger partial charge in [-0.15, -0.1) is 0 Å². The van der Waals surface area contributed by atoms with E-state index >= 15 is 0 Å². The van der Waals surface area contributed by atoms with Gasteiger partial charge in [0, 0.05) is 6.04 Å². The molecule has 0 spiro atoms. The van der Waals surface area contributed by atoms with Crippen molar-refractivity contribution in [2.24, 2.45) is 17.6 Å². The SMILES string of the molecule is CCCCCC(C)CC(N)C(C)C(=O)O. The molecule has 0 saturated heterocycles. The van der Waals surface area contributed by atoms with Crippen molar-refractivity contribution < 1.29 is 9.90 Å². The summed E-state index contributed by atoms with van der Waals surface area (Å²) in [5.74, 6) is -0.685. The van der Waals surface area contributed by atoms with Gasteiger partial charge >= 0.3 is 5.97 Å². The number of carboxylic acids is 1. The van der Waals surface area contributed by atoms with Crippen LogP contribution in [0.25, 0.3) is 0 Å². The molecule has 15 heavy (non-hydrogen) atoms. The summed E-state index contributed by atoms with van der Waals surface area (Å²) in [4.78, 5) is 10.7. The first-order valence-corrected chi connectivity index (χ1v) is 5.97. The van der Waals surface area contributed by atoms with E-state index in [0.717, 1.165) is 12.8 Å². The maximum atomic E-state index is 10.7. The molecule has 0 aliphatic carbocycles. The van der Waals surface area contributed by atoms with Crippen molar-refractivity contribution in [2.75, 3.05) is 0 Å². The normalized spacial score (nSPS) is 17.1. The molecule has 0 amide bonds. The van der Waals surface area contributed by atoms with Gasteiger partial charge in [0.25, 0.3) is 0 Å². The van der Waals surface area contributed by atoms with Crippen LogP contribution in [0.3, 0.4) is 0 Å². The Morgan fingerprint density at radius 2 is 1.93 bits per heavy atom. The van der Waals surface area contributed by atoms with Crippen molar-refractivity contribution in [2.45, 2.75) is 58.9 Å². The Morgan fingerprint density at radius 3 is 2.40 bits per heavy atom. The van der Waals surface area contributed by atoms with Crippen LogP contribution in [0.1, 0.15) is 52.9 Å². The van der Waals surface area contributed by atoms with Gasteiger partial charge in [-0.05, 0) is 12.3 Å². The summed E-state index contributed by atoms with van der Waals surface area (Å²) in [6.45, 7) is 6.03. The van der Waals surface area contributed by atoms with E-state index in [-0.39, 0.29) is 6.04 Å². The van der Waals surface area contributed by atoms with E-state index in [4.69, 9.17) is 10.8 Å². The van der Waals surface area contributed by atoms with Crippen LogP contribution in [-0.4, -0.2) is 17.1 Å².